The molecular weight excluding hydrogens is 370 g/mol. The summed E-state index contributed by atoms with van der Waals surface area (Å²) in [6.45, 7) is 1.89. The van der Waals surface area contributed by atoms with E-state index in [1.54, 1.807) is 12.1 Å². The van der Waals surface area contributed by atoms with Gasteiger partial charge in [-0.3, -0.25) is 4.79 Å². The largest absolute Gasteiger partial charge is 0.495 e. The van der Waals surface area contributed by atoms with Crippen molar-refractivity contribution in [3.8, 4) is 11.5 Å². The molecule has 6 heteroatoms. The lowest BCUT2D eigenvalue weighted by molar-refractivity contribution is -0.122. The van der Waals surface area contributed by atoms with E-state index < -0.39 is 12.1 Å². The Balaban J connectivity index is 1.75. The molecule has 1 unspecified atom stereocenters. The van der Waals surface area contributed by atoms with Crippen LogP contribution >= 0.6 is 0 Å². The van der Waals surface area contributed by atoms with Gasteiger partial charge in [0.15, 0.2) is 6.10 Å². The van der Waals surface area contributed by atoms with Crippen molar-refractivity contribution in [3.63, 3.8) is 0 Å². The molecule has 0 saturated heterocycles. The van der Waals surface area contributed by atoms with Gasteiger partial charge in [-0.25, -0.2) is 4.79 Å². The Bertz CT molecular complexity index is 893. The number of hydrogen-bond acceptors (Lipinski definition) is 5. The molecule has 0 heterocycles. The zero-order valence-corrected chi connectivity index (χ0v) is 17.1. The third-order valence-electron chi connectivity index (χ3n) is 5.14. The van der Waals surface area contributed by atoms with Crippen LogP contribution < -0.4 is 14.8 Å². The number of benzene rings is 2. The molecule has 0 aromatic heterocycles. The maximum atomic E-state index is 12.8. The second-order valence-electron chi connectivity index (χ2n) is 7.05. The predicted octanol–water partition coefficient (Wildman–Crippen LogP) is 4.16. The Labute approximate surface area is 171 Å². The number of hydrogen-bond donors (Lipinski definition) is 1. The van der Waals surface area contributed by atoms with Gasteiger partial charge in [0.05, 0.1) is 25.5 Å². The van der Waals surface area contributed by atoms with Crippen molar-refractivity contribution in [2.45, 2.75) is 45.1 Å². The van der Waals surface area contributed by atoms with E-state index in [4.69, 9.17) is 14.2 Å². The van der Waals surface area contributed by atoms with E-state index in [1.807, 2.05) is 19.1 Å². The zero-order valence-electron chi connectivity index (χ0n) is 17.1. The minimum atomic E-state index is -0.664. The fourth-order valence-corrected chi connectivity index (χ4v) is 3.53. The molecule has 6 nitrogen and oxygen atoms in total. The summed E-state index contributed by atoms with van der Waals surface area (Å²) in [4.78, 5) is 24.6. The summed E-state index contributed by atoms with van der Waals surface area (Å²) in [7, 11) is 2.81. The maximum Gasteiger partial charge on any atom is 0.337 e. The summed E-state index contributed by atoms with van der Waals surface area (Å²) in [5, 5.41) is 2.82. The van der Waals surface area contributed by atoms with Gasteiger partial charge in [-0.1, -0.05) is 13.0 Å². The van der Waals surface area contributed by atoms with Crippen LogP contribution in [-0.2, 0) is 22.4 Å². The highest BCUT2D eigenvalue weighted by molar-refractivity contribution is 5.98. The Morgan fingerprint density at radius 3 is 2.48 bits per heavy atom. The summed E-state index contributed by atoms with van der Waals surface area (Å²) in [6.07, 6.45) is 4.39. The molecule has 1 aliphatic carbocycles. The number of fused-ring (bicyclic) bond motifs is 1. The first kappa shape index (κ1) is 20.7. The van der Waals surface area contributed by atoms with Crippen LogP contribution in [0.1, 0.15) is 47.7 Å². The highest BCUT2D eigenvalue weighted by Crippen LogP contribution is 2.28. The maximum absolute atomic E-state index is 12.8. The first-order valence-electron chi connectivity index (χ1n) is 9.91. The van der Waals surface area contributed by atoms with Crippen LogP contribution in [-0.4, -0.2) is 32.2 Å². The monoisotopic (exact) mass is 397 g/mol. The summed E-state index contributed by atoms with van der Waals surface area (Å²) >= 11 is 0. The Hall–Kier alpha value is -3.02. The normalized spacial score (nSPS) is 13.8. The zero-order chi connectivity index (χ0) is 20.8. The van der Waals surface area contributed by atoms with Crippen LogP contribution in [0.4, 0.5) is 5.69 Å². The van der Waals surface area contributed by atoms with Crippen molar-refractivity contribution in [2.24, 2.45) is 0 Å². The molecule has 3 rings (SSSR count). The quantitative estimate of drug-likeness (QED) is 0.710. The van der Waals surface area contributed by atoms with Crippen molar-refractivity contribution >= 4 is 17.6 Å². The van der Waals surface area contributed by atoms with E-state index in [0.717, 1.165) is 12.8 Å². The van der Waals surface area contributed by atoms with E-state index in [1.165, 1.54) is 44.3 Å². The fraction of sp³-hybridized carbons (Fsp3) is 0.391. The first-order valence-corrected chi connectivity index (χ1v) is 9.91. The number of anilines is 1. The van der Waals surface area contributed by atoms with Gasteiger partial charge in [0.25, 0.3) is 5.91 Å². The molecule has 0 radical (unpaired) electrons. The van der Waals surface area contributed by atoms with E-state index in [-0.39, 0.29) is 5.91 Å². The fourth-order valence-electron chi connectivity index (χ4n) is 3.53. The van der Waals surface area contributed by atoms with Crippen LogP contribution in [0.5, 0.6) is 11.5 Å². The van der Waals surface area contributed by atoms with Crippen molar-refractivity contribution < 1.29 is 23.8 Å². The van der Waals surface area contributed by atoms with Crippen LogP contribution in [0.15, 0.2) is 36.4 Å². The van der Waals surface area contributed by atoms with Crippen LogP contribution in [0, 0.1) is 0 Å². The molecule has 29 heavy (non-hydrogen) atoms. The Morgan fingerprint density at radius 1 is 1.03 bits per heavy atom. The molecular formula is C23H27NO5. The molecule has 0 saturated carbocycles. The van der Waals surface area contributed by atoms with Gasteiger partial charge in [-0.05, 0) is 73.6 Å². The Morgan fingerprint density at radius 2 is 1.79 bits per heavy atom. The summed E-state index contributed by atoms with van der Waals surface area (Å²) in [5.41, 5.74) is 3.39. The highest BCUT2D eigenvalue weighted by atomic mass is 16.5. The molecule has 1 aliphatic rings. The molecule has 0 aliphatic heterocycles. The number of aryl methyl sites for hydroxylation is 2. The molecule has 2 aromatic carbocycles. The molecule has 2 aromatic rings. The molecule has 0 fully saturated rings. The van der Waals surface area contributed by atoms with Crippen molar-refractivity contribution in [2.75, 3.05) is 19.5 Å². The standard InChI is InChI=1S/C23H27NO5/c1-4-20(29-18-11-9-15-7-5-6-8-16(15)13-18)22(25)24-19-14-17(23(26)28-3)10-12-21(19)27-2/h9-14,20H,4-8H2,1-3H3,(H,24,25). The van der Waals surface area contributed by atoms with Crippen LogP contribution in [0.3, 0.4) is 0 Å². The third-order valence-corrected chi connectivity index (χ3v) is 5.14. The number of ether oxygens (including phenoxy) is 3. The number of methoxy groups -OCH3 is 2. The Kier molecular flexibility index (Phi) is 6.75. The number of nitrogens with one attached hydrogen (secondary N) is 1. The lowest BCUT2D eigenvalue weighted by Crippen LogP contribution is -2.32. The smallest absolute Gasteiger partial charge is 0.337 e. The minimum absolute atomic E-state index is 0.300. The predicted molar refractivity (Wildman–Crippen MR) is 111 cm³/mol. The SMILES string of the molecule is CCC(Oc1ccc2c(c1)CCCC2)C(=O)Nc1cc(C(=O)OC)ccc1OC. The second-order valence-corrected chi connectivity index (χ2v) is 7.05. The van der Waals surface area contributed by atoms with Gasteiger partial charge in [-0.2, -0.15) is 0 Å². The minimum Gasteiger partial charge on any atom is -0.495 e. The molecule has 1 atom stereocenters. The van der Waals surface area contributed by atoms with E-state index in [2.05, 4.69) is 11.4 Å². The van der Waals surface area contributed by atoms with Gasteiger partial charge < -0.3 is 19.5 Å². The number of rotatable bonds is 7. The molecule has 0 spiro atoms. The second kappa shape index (κ2) is 9.45. The molecule has 1 N–H and O–H groups in total. The lowest BCUT2D eigenvalue weighted by Gasteiger charge is -2.21. The van der Waals surface area contributed by atoms with E-state index >= 15 is 0 Å². The molecule has 154 valence electrons. The summed E-state index contributed by atoms with van der Waals surface area (Å²) in [6, 6.07) is 10.8. The van der Waals surface area contributed by atoms with E-state index in [0.29, 0.717) is 29.2 Å². The van der Waals surface area contributed by atoms with Gasteiger partial charge in [0.1, 0.15) is 11.5 Å². The molecule has 1 amide bonds. The lowest BCUT2D eigenvalue weighted by atomic mass is 9.92. The van der Waals surface area contributed by atoms with Gasteiger partial charge in [-0.15, -0.1) is 0 Å². The van der Waals surface area contributed by atoms with E-state index in [9.17, 15) is 9.59 Å². The third kappa shape index (κ3) is 4.88. The number of carbonyl (C=O) groups excluding carboxylic acids is 2. The van der Waals surface area contributed by atoms with Gasteiger partial charge in [0.2, 0.25) is 0 Å². The number of carbonyl (C=O) groups is 2. The number of esters is 1. The average molecular weight is 397 g/mol. The van der Waals surface area contributed by atoms with Crippen LogP contribution in [0.2, 0.25) is 0 Å². The van der Waals surface area contributed by atoms with Crippen LogP contribution in [0.25, 0.3) is 0 Å². The van der Waals surface area contributed by atoms with Crippen molar-refractivity contribution in [1.29, 1.82) is 0 Å². The highest BCUT2D eigenvalue weighted by Gasteiger charge is 2.21. The van der Waals surface area contributed by atoms with Gasteiger partial charge >= 0.3 is 5.97 Å². The molecule has 0 bridgehead atoms. The first-order chi connectivity index (χ1) is 14.0. The van der Waals surface area contributed by atoms with Crippen molar-refractivity contribution in [1.82, 2.24) is 0 Å². The summed E-state index contributed by atoms with van der Waals surface area (Å²) in [5.74, 6) is 0.364. The summed E-state index contributed by atoms with van der Waals surface area (Å²) < 4.78 is 16.0. The average Bonchev–Trinajstić information content (AvgIpc) is 2.76. The topological polar surface area (TPSA) is 73.9 Å². The number of amides is 1. The van der Waals surface area contributed by atoms with Gasteiger partial charge in [0, 0.05) is 0 Å². The van der Waals surface area contributed by atoms with Crippen molar-refractivity contribution in [3.05, 3.63) is 53.1 Å².